The van der Waals surface area contributed by atoms with E-state index in [2.05, 4.69) is 46.7 Å². The number of halogens is 1. The Kier molecular flexibility index (Phi) is 4.69. The maximum Gasteiger partial charge on any atom is 0.109 e. The minimum Gasteiger partial charge on any atom is -0.383 e. The number of hydrogen-bond donors (Lipinski definition) is 1. The van der Waals surface area contributed by atoms with Gasteiger partial charge in [-0.25, -0.2) is 0 Å². The highest BCUT2D eigenvalue weighted by molar-refractivity contribution is 9.10. The van der Waals surface area contributed by atoms with Gasteiger partial charge in [0.25, 0.3) is 0 Å². The van der Waals surface area contributed by atoms with Crippen molar-refractivity contribution in [2.24, 2.45) is 0 Å². The van der Waals surface area contributed by atoms with Crippen LogP contribution in [0.25, 0.3) is 0 Å². The van der Waals surface area contributed by atoms with Crippen LogP contribution in [0, 0.1) is 0 Å². The molecule has 108 valence electrons. The molecule has 0 amide bonds. The van der Waals surface area contributed by atoms with E-state index < -0.39 is 5.60 Å². The van der Waals surface area contributed by atoms with Crippen LogP contribution in [0.1, 0.15) is 45.7 Å². The Hall–Kier alpha value is -0.390. The van der Waals surface area contributed by atoms with Gasteiger partial charge in [-0.1, -0.05) is 0 Å². The molecule has 0 spiro atoms. The lowest BCUT2D eigenvalue weighted by Crippen LogP contribution is -2.34. The number of nitrogens with zero attached hydrogens (tertiary/aromatic N) is 3. The first-order valence-electron chi connectivity index (χ1n) is 7.16. The van der Waals surface area contributed by atoms with Gasteiger partial charge < -0.3 is 10.0 Å². The number of aryl methyl sites for hydroxylation is 1. The topological polar surface area (TPSA) is 41.3 Å². The highest BCUT2D eigenvalue weighted by atomic mass is 79.9. The van der Waals surface area contributed by atoms with Crippen LogP contribution < -0.4 is 0 Å². The van der Waals surface area contributed by atoms with E-state index in [1.54, 1.807) is 6.20 Å². The highest BCUT2D eigenvalue weighted by Crippen LogP contribution is 2.37. The van der Waals surface area contributed by atoms with Gasteiger partial charge in [0, 0.05) is 19.1 Å². The van der Waals surface area contributed by atoms with Crippen molar-refractivity contribution in [2.75, 3.05) is 13.1 Å². The van der Waals surface area contributed by atoms with Crippen LogP contribution in [0.5, 0.6) is 0 Å². The number of aliphatic hydroxyl groups is 1. The number of aromatic nitrogens is 2. The maximum atomic E-state index is 11.1. The molecule has 4 nitrogen and oxygen atoms in total. The summed E-state index contributed by atoms with van der Waals surface area (Å²) in [5.41, 5.74) is 0.190. The quantitative estimate of drug-likeness (QED) is 0.927. The molecule has 1 fully saturated rings. The fourth-order valence-corrected chi connectivity index (χ4v) is 3.62. The van der Waals surface area contributed by atoms with E-state index in [1.165, 1.54) is 0 Å². The van der Waals surface area contributed by atoms with Crippen molar-refractivity contribution < 1.29 is 5.11 Å². The third-order valence-electron chi connectivity index (χ3n) is 4.11. The van der Waals surface area contributed by atoms with Crippen molar-refractivity contribution in [2.45, 2.75) is 58.2 Å². The molecule has 1 unspecified atom stereocenters. The Bertz CT molecular complexity index is 432. The molecular weight excluding hydrogens is 306 g/mol. The molecule has 1 aliphatic heterocycles. The van der Waals surface area contributed by atoms with Gasteiger partial charge in [0.2, 0.25) is 0 Å². The molecule has 1 atom stereocenters. The molecule has 2 rings (SSSR count). The van der Waals surface area contributed by atoms with Crippen LogP contribution in [0.3, 0.4) is 0 Å². The van der Waals surface area contributed by atoms with Crippen LogP contribution in [0.4, 0.5) is 0 Å². The molecule has 0 saturated carbocycles. The maximum absolute atomic E-state index is 11.1. The lowest BCUT2D eigenvalue weighted by Gasteiger charge is -2.29. The monoisotopic (exact) mass is 329 g/mol. The standard InChI is InChI=1S/C14H24BrN3O/c1-4-18-13(12(15)10-16-18)14(19)6-5-8-17(9-7-14)11(2)3/h10-11,19H,4-9H2,1-3H3. The van der Waals surface area contributed by atoms with Crippen LogP contribution in [-0.2, 0) is 12.1 Å². The van der Waals surface area contributed by atoms with Gasteiger partial charge in [0.1, 0.15) is 5.60 Å². The van der Waals surface area contributed by atoms with Gasteiger partial charge >= 0.3 is 0 Å². The Morgan fingerprint density at radius 3 is 2.79 bits per heavy atom. The Labute approximate surface area is 123 Å². The van der Waals surface area contributed by atoms with Gasteiger partial charge in [0.05, 0.1) is 16.4 Å². The Morgan fingerprint density at radius 2 is 2.16 bits per heavy atom. The molecule has 2 heterocycles. The number of rotatable bonds is 3. The summed E-state index contributed by atoms with van der Waals surface area (Å²) in [6.45, 7) is 9.29. The summed E-state index contributed by atoms with van der Waals surface area (Å²) in [6.07, 6.45) is 4.40. The third-order valence-corrected chi connectivity index (χ3v) is 4.69. The molecule has 1 aromatic heterocycles. The largest absolute Gasteiger partial charge is 0.383 e. The lowest BCUT2D eigenvalue weighted by atomic mass is 9.91. The summed E-state index contributed by atoms with van der Waals surface area (Å²) in [5, 5.41) is 15.4. The fraction of sp³-hybridized carbons (Fsp3) is 0.786. The van der Waals surface area contributed by atoms with E-state index in [0.717, 1.165) is 49.1 Å². The van der Waals surface area contributed by atoms with Gasteiger partial charge in [-0.3, -0.25) is 4.68 Å². The molecule has 0 radical (unpaired) electrons. The second-order valence-corrected chi connectivity index (χ2v) is 6.53. The summed E-state index contributed by atoms with van der Waals surface area (Å²) in [7, 11) is 0. The predicted octanol–water partition coefficient (Wildman–Crippen LogP) is 2.75. The first-order chi connectivity index (χ1) is 8.98. The predicted molar refractivity (Wildman–Crippen MR) is 80.1 cm³/mol. The van der Waals surface area contributed by atoms with E-state index in [0.29, 0.717) is 6.04 Å². The molecule has 0 aliphatic carbocycles. The molecule has 1 aliphatic rings. The van der Waals surface area contributed by atoms with Gasteiger partial charge in [-0.2, -0.15) is 5.10 Å². The zero-order valence-electron chi connectivity index (χ0n) is 12.1. The van der Waals surface area contributed by atoms with Crippen molar-refractivity contribution in [1.82, 2.24) is 14.7 Å². The SMILES string of the molecule is CCn1ncc(Br)c1C1(O)CCCN(C(C)C)CC1. The minimum absolute atomic E-state index is 0.543. The summed E-state index contributed by atoms with van der Waals surface area (Å²) in [6, 6.07) is 0.543. The summed E-state index contributed by atoms with van der Waals surface area (Å²) in [5.74, 6) is 0. The fourth-order valence-electron chi connectivity index (χ4n) is 2.96. The summed E-state index contributed by atoms with van der Waals surface area (Å²) in [4.78, 5) is 2.44. The van der Waals surface area contributed by atoms with E-state index in [-0.39, 0.29) is 0 Å². The highest BCUT2D eigenvalue weighted by Gasteiger charge is 2.36. The van der Waals surface area contributed by atoms with Crippen molar-refractivity contribution in [3.05, 3.63) is 16.4 Å². The minimum atomic E-state index is -0.755. The van der Waals surface area contributed by atoms with Gasteiger partial charge in [-0.15, -0.1) is 0 Å². The molecule has 0 bridgehead atoms. The zero-order valence-corrected chi connectivity index (χ0v) is 13.7. The number of hydrogen-bond acceptors (Lipinski definition) is 3. The van der Waals surface area contributed by atoms with Crippen LogP contribution in [0.15, 0.2) is 10.7 Å². The second-order valence-electron chi connectivity index (χ2n) is 5.67. The average molecular weight is 330 g/mol. The normalized spacial score (nSPS) is 25.8. The smallest absolute Gasteiger partial charge is 0.109 e. The van der Waals surface area contributed by atoms with Crippen LogP contribution in [0.2, 0.25) is 0 Å². The molecule has 5 heteroatoms. The molecular formula is C14H24BrN3O. The zero-order chi connectivity index (χ0) is 14.0. The first kappa shape index (κ1) is 15.0. The number of likely N-dealkylation sites (tertiary alicyclic amines) is 1. The first-order valence-corrected chi connectivity index (χ1v) is 7.95. The molecule has 1 saturated heterocycles. The van der Waals surface area contributed by atoms with Gasteiger partial charge in [-0.05, 0) is 62.5 Å². The van der Waals surface area contributed by atoms with Crippen LogP contribution >= 0.6 is 15.9 Å². The van der Waals surface area contributed by atoms with Crippen molar-refractivity contribution in [3.63, 3.8) is 0 Å². The van der Waals surface area contributed by atoms with E-state index in [4.69, 9.17) is 0 Å². The molecule has 1 N–H and O–H groups in total. The average Bonchev–Trinajstić information content (AvgIpc) is 2.63. The third kappa shape index (κ3) is 3.03. The van der Waals surface area contributed by atoms with E-state index in [1.807, 2.05) is 4.68 Å². The van der Waals surface area contributed by atoms with Crippen molar-refractivity contribution in [3.8, 4) is 0 Å². The van der Waals surface area contributed by atoms with Gasteiger partial charge in [0.15, 0.2) is 0 Å². The summed E-state index contributed by atoms with van der Waals surface area (Å²) < 4.78 is 2.84. The van der Waals surface area contributed by atoms with Crippen LogP contribution in [-0.4, -0.2) is 38.9 Å². The Balaban J connectivity index is 2.25. The van der Waals surface area contributed by atoms with Crippen molar-refractivity contribution in [1.29, 1.82) is 0 Å². The molecule has 0 aromatic carbocycles. The van der Waals surface area contributed by atoms with E-state index >= 15 is 0 Å². The molecule has 19 heavy (non-hydrogen) atoms. The second kappa shape index (κ2) is 5.94. The van der Waals surface area contributed by atoms with Crippen molar-refractivity contribution >= 4 is 15.9 Å². The lowest BCUT2D eigenvalue weighted by molar-refractivity contribution is 0.0111. The Morgan fingerprint density at radius 1 is 1.42 bits per heavy atom. The summed E-state index contributed by atoms with van der Waals surface area (Å²) >= 11 is 3.54. The molecule has 1 aromatic rings. The van der Waals surface area contributed by atoms with E-state index in [9.17, 15) is 5.11 Å².